The molecule has 0 spiro atoms. The Balaban J connectivity index is 1.99. The van der Waals surface area contributed by atoms with Gasteiger partial charge in [-0.2, -0.15) is 5.10 Å². The average Bonchev–Trinajstić information content (AvgIpc) is 2.84. The lowest BCUT2D eigenvalue weighted by Crippen LogP contribution is -2.43. The molecule has 0 fully saturated rings. The molecule has 5 nitrogen and oxygen atoms in total. The first-order valence-corrected chi connectivity index (χ1v) is 10.1. The van der Waals surface area contributed by atoms with Crippen molar-refractivity contribution in [1.82, 2.24) is 20.4 Å². The average molecular weight is 438 g/mol. The number of rotatable bonds is 7. The van der Waals surface area contributed by atoms with E-state index in [4.69, 9.17) is 0 Å². The molecule has 1 aromatic carbocycles. The van der Waals surface area contributed by atoms with Gasteiger partial charge in [0, 0.05) is 36.3 Å². The lowest BCUT2D eigenvalue weighted by molar-refractivity contribution is 0.607. The molecule has 0 saturated carbocycles. The van der Waals surface area contributed by atoms with Crippen molar-refractivity contribution in [3.63, 3.8) is 0 Å². The molecule has 2 aromatic rings. The molecule has 0 bridgehead atoms. The third-order valence-electron chi connectivity index (χ3n) is 4.56. The van der Waals surface area contributed by atoms with Crippen LogP contribution in [0.3, 0.4) is 0 Å². The highest BCUT2D eigenvalue weighted by molar-refractivity contribution is 9.10. The summed E-state index contributed by atoms with van der Waals surface area (Å²) in [5.41, 5.74) is 4.19. The Bertz CT molecular complexity index is 800. The fraction of sp³-hybridized carbons (Fsp3) is 0.500. The maximum absolute atomic E-state index is 13.9. The summed E-state index contributed by atoms with van der Waals surface area (Å²) in [4.78, 5) is 4.60. The number of hydrogen-bond acceptors (Lipinski definition) is 2. The largest absolute Gasteiger partial charge is 0.357 e. The van der Waals surface area contributed by atoms with E-state index in [0.717, 1.165) is 29.1 Å². The fourth-order valence-electron chi connectivity index (χ4n) is 3.05. The van der Waals surface area contributed by atoms with Crippen LogP contribution in [0, 0.1) is 19.7 Å². The Labute approximate surface area is 169 Å². The van der Waals surface area contributed by atoms with Crippen LogP contribution in [0.4, 0.5) is 4.39 Å². The third-order valence-corrected chi connectivity index (χ3v) is 5.05. The monoisotopic (exact) mass is 437 g/mol. The number of nitrogens with one attached hydrogen (secondary N) is 2. The first-order chi connectivity index (χ1) is 12.8. The third kappa shape index (κ3) is 6.06. The van der Waals surface area contributed by atoms with Gasteiger partial charge in [0.1, 0.15) is 5.82 Å². The molecular formula is C20H29BrFN5. The number of halogens is 2. The number of guanidine groups is 1. The Morgan fingerprint density at radius 2 is 2.11 bits per heavy atom. The van der Waals surface area contributed by atoms with Crippen molar-refractivity contribution in [2.24, 2.45) is 12.0 Å². The second-order valence-electron chi connectivity index (χ2n) is 6.77. The molecular weight excluding hydrogens is 409 g/mol. The second kappa shape index (κ2) is 9.88. The smallest absolute Gasteiger partial charge is 0.191 e. The molecule has 0 aliphatic rings. The number of hydrogen-bond donors (Lipinski definition) is 2. The zero-order valence-corrected chi connectivity index (χ0v) is 18.3. The van der Waals surface area contributed by atoms with Crippen molar-refractivity contribution in [3.8, 4) is 0 Å². The van der Waals surface area contributed by atoms with Crippen LogP contribution in [0.5, 0.6) is 0 Å². The first-order valence-electron chi connectivity index (χ1n) is 9.29. The Morgan fingerprint density at radius 1 is 1.37 bits per heavy atom. The van der Waals surface area contributed by atoms with Crippen LogP contribution in [0.15, 0.2) is 27.7 Å². The van der Waals surface area contributed by atoms with Crippen LogP contribution in [0.2, 0.25) is 0 Å². The molecule has 0 aliphatic heterocycles. The highest BCUT2D eigenvalue weighted by atomic mass is 79.9. The van der Waals surface area contributed by atoms with E-state index in [2.05, 4.69) is 50.5 Å². The van der Waals surface area contributed by atoms with Crippen molar-refractivity contribution < 1.29 is 4.39 Å². The molecule has 2 N–H and O–H groups in total. The summed E-state index contributed by atoms with van der Waals surface area (Å²) in [6.07, 6.45) is 1.42. The molecule has 0 aliphatic carbocycles. The molecule has 0 radical (unpaired) electrons. The molecule has 7 heteroatoms. The number of nitrogens with zero attached hydrogens (tertiary/aromatic N) is 3. The van der Waals surface area contributed by atoms with Gasteiger partial charge < -0.3 is 10.6 Å². The van der Waals surface area contributed by atoms with Crippen molar-refractivity contribution in [2.45, 2.75) is 46.6 Å². The van der Waals surface area contributed by atoms with Crippen LogP contribution >= 0.6 is 15.9 Å². The molecule has 27 heavy (non-hydrogen) atoms. The Kier molecular flexibility index (Phi) is 7.83. The molecule has 1 aromatic heterocycles. The van der Waals surface area contributed by atoms with Gasteiger partial charge in [-0.05, 0) is 69.9 Å². The van der Waals surface area contributed by atoms with Gasteiger partial charge in [0.25, 0.3) is 0 Å². The van der Waals surface area contributed by atoms with Crippen LogP contribution < -0.4 is 10.6 Å². The van der Waals surface area contributed by atoms with Crippen molar-refractivity contribution >= 4 is 21.9 Å². The summed E-state index contributed by atoms with van der Waals surface area (Å²) in [5, 5.41) is 11.2. The summed E-state index contributed by atoms with van der Waals surface area (Å²) in [6, 6.07) is 5.19. The molecule has 1 atom stereocenters. The van der Waals surface area contributed by atoms with E-state index in [1.807, 2.05) is 31.6 Å². The van der Waals surface area contributed by atoms with E-state index < -0.39 is 0 Å². The van der Waals surface area contributed by atoms with Gasteiger partial charge in [-0.15, -0.1) is 0 Å². The van der Waals surface area contributed by atoms with Gasteiger partial charge in [-0.1, -0.05) is 15.9 Å². The van der Waals surface area contributed by atoms with E-state index in [9.17, 15) is 4.39 Å². The van der Waals surface area contributed by atoms with Crippen molar-refractivity contribution in [2.75, 3.05) is 13.1 Å². The zero-order valence-electron chi connectivity index (χ0n) is 16.7. The molecule has 148 valence electrons. The van der Waals surface area contributed by atoms with Gasteiger partial charge in [-0.25, -0.2) is 4.39 Å². The topological polar surface area (TPSA) is 54.2 Å². The second-order valence-corrected chi connectivity index (χ2v) is 7.68. The van der Waals surface area contributed by atoms with Crippen LogP contribution in [-0.2, 0) is 19.9 Å². The zero-order chi connectivity index (χ0) is 20.0. The van der Waals surface area contributed by atoms with E-state index in [1.165, 1.54) is 17.3 Å². The van der Waals surface area contributed by atoms with Gasteiger partial charge in [0.2, 0.25) is 0 Å². The predicted molar refractivity (Wildman–Crippen MR) is 113 cm³/mol. The van der Waals surface area contributed by atoms with E-state index in [1.54, 1.807) is 6.07 Å². The molecule has 0 amide bonds. The Morgan fingerprint density at radius 3 is 2.74 bits per heavy atom. The van der Waals surface area contributed by atoms with E-state index in [-0.39, 0.29) is 11.9 Å². The van der Waals surface area contributed by atoms with Crippen LogP contribution in [0.25, 0.3) is 0 Å². The Hall–Kier alpha value is -1.89. The summed E-state index contributed by atoms with van der Waals surface area (Å²) in [7, 11) is 1.97. The first kappa shape index (κ1) is 21.4. The van der Waals surface area contributed by atoms with Gasteiger partial charge in [0.15, 0.2) is 5.96 Å². The maximum atomic E-state index is 13.9. The quantitative estimate of drug-likeness (QED) is 0.513. The maximum Gasteiger partial charge on any atom is 0.191 e. The van der Waals surface area contributed by atoms with Gasteiger partial charge in [-0.3, -0.25) is 9.67 Å². The summed E-state index contributed by atoms with van der Waals surface area (Å²) < 4.78 is 16.7. The normalized spacial score (nSPS) is 12.9. The lowest BCUT2D eigenvalue weighted by atomic mass is 10.1. The minimum Gasteiger partial charge on any atom is -0.357 e. The fourth-order valence-corrected chi connectivity index (χ4v) is 3.46. The number of aromatic nitrogens is 2. The number of aliphatic imine (C=N–C) groups is 1. The summed E-state index contributed by atoms with van der Waals surface area (Å²) in [6.45, 7) is 9.59. The minimum atomic E-state index is -0.192. The molecule has 1 unspecified atom stereocenters. The van der Waals surface area contributed by atoms with Crippen molar-refractivity contribution in [3.05, 3.63) is 51.0 Å². The lowest BCUT2D eigenvalue weighted by Gasteiger charge is -2.18. The van der Waals surface area contributed by atoms with Crippen LogP contribution in [-0.4, -0.2) is 34.9 Å². The highest BCUT2D eigenvalue weighted by Crippen LogP contribution is 2.16. The van der Waals surface area contributed by atoms with Gasteiger partial charge in [0.05, 0.1) is 5.69 Å². The van der Waals surface area contributed by atoms with E-state index in [0.29, 0.717) is 18.5 Å². The number of benzene rings is 1. The molecule has 1 heterocycles. The van der Waals surface area contributed by atoms with Crippen LogP contribution in [0.1, 0.15) is 36.4 Å². The minimum absolute atomic E-state index is 0.192. The summed E-state index contributed by atoms with van der Waals surface area (Å²) >= 11 is 3.39. The number of aryl methyl sites for hydroxylation is 2. The highest BCUT2D eigenvalue weighted by Gasteiger charge is 2.14. The van der Waals surface area contributed by atoms with E-state index >= 15 is 0 Å². The predicted octanol–water partition coefficient (Wildman–Crippen LogP) is 3.67. The standard InChI is InChI=1S/C20H29BrFN5/c1-6-23-20(24-10-9-16-12-17(21)7-8-19(16)22)25-13(2)11-18-14(3)26-27(5)15(18)4/h7-8,12-13H,6,9-11H2,1-5H3,(H2,23,24,25). The SMILES string of the molecule is CCNC(=NCCc1cc(Br)ccc1F)NC(C)Cc1c(C)nn(C)c1C. The molecule has 0 saturated heterocycles. The molecule has 2 rings (SSSR count). The summed E-state index contributed by atoms with van der Waals surface area (Å²) in [5.74, 6) is 0.557. The van der Waals surface area contributed by atoms with Gasteiger partial charge >= 0.3 is 0 Å². The van der Waals surface area contributed by atoms with Crippen molar-refractivity contribution in [1.29, 1.82) is 0 Å².